The van der Waals surface area contributed by atoms with Crippen LogP contribution in [0.5, 0.6) is 5.75 Å². The van der Waals surface area contributed by atoms with E-state index >= 15 is 0 Å². The number of para-hydroxylation sites is 1. The minimum atomic E-state index is -0.169. The van der Waals surface area contributed by atoms with Gasteiger partial charge in [-0.05, 0) is 42.8 Å². The van der Waals surface area contributed by atoms with Crippen molar-refractivity contribution in [2.24, 2.45) is 0 Å². The molecule has 0 bridgehead atoms. The zero-order valence-corrected chi connectivity index (χ0v) is 16.3. The molecule has 4 aromatic rings. The molecule has 0 aliphatic carbocycles. The maximum absolute atomic E-state index is 12.3. The highest BCUT2D eigenvalue weighted by molar-refractivity contribution is 6.30. The largest absolute Gasteiger partial charge is 0.491 e. The lowest BCUT2D eigenvalue weighted by Gasteiger charge is -2.09. The van der Waals surface area contributed by atoms with Gasteiger partial charge in [-0.15, -0.1) is 0 Å². The van der Waals surface area contributed by atoms with Crippen molar-refractivity contribution in [1.82, 2.24) is 20.1 Å². The zero-order valence-electron chi connectivity index (χ0n) is 15.6. The van der Waals surface area contributed by atoms with Crippen LogP contribution in [0.3, 0.4) is 0 Å². The summed E-state index contributed by atoms with van der Waals surface area (Å²) in [5.74, 6) is 0.579. The number of rotatable bonds is 7. The SMILES string of the molecule is O=C(NCCCOc1cccc2cccnc12)c1cnn(-c2ccc(Cl)cc2)c1. The van der Waals surface area contributed by atoms with Gasteiger partial charge < -0.3 is 10.1 Å². The van der Waals surface area contributed by atoms with Crippen LogP contribution in [0.25, 0.3) is 16.6 Å². The first-order valence-electron chi connectivity index (χ1n) is 9.26. The molecule has 0 fully saturated rings. The predicted molar refractivity (Wildman–Crippen MR) is 113 cm³/mol. The van der Waals surface area contributed by atoms with Gasteiger partial charge in [0.05, 0.1) is 24.1 Å². The predicted octanol–water partition coefficient (Wildman–Crippen LogP) is 4.27. The number of carbonyl (C=O) groups excluding carboxylic acids is 1. The maximum atomic E-state index is 12.3. The Morgan fingerprint density at radius 1 is 1.10 bits per heavy atom. The number of hydrogen-bond donors (Lipinski definition) is 1. The lowest BCUT2D eigenvalue weighted by atomic mass is 10.2. The topological polar surface area (TPSA) is 69.0 Å². The van der Waals surface area contributed by atoms with Gasteiger partial charge in [0.1, 0.15) is 11.3 Å². The van der Waals surface area contributed by atoms with Crippen molar-refractivity contribution in [1.29, 1.82) is 0 Å². The van der Waals surface area contributed by atoms with E-state index in [0.29, 0.717) is 30.2 Å². The maximum Gasteiger partial charge on any atom is 0.254 e. The van der Waals surface area contributed by atoms with E-state index in [2.05, 4.69) is 15.4 Å². The molecule has 0 saturated heterocycles. The molecule has 2 aromatic carbocycles. The highest BCUT2D eigenvalue weighted by Crippen LogP contribution is 2.22. The Labute approximate surface area is 173 Å². The molecule has 1 N–H and O–H groups in total. The van der Waals surface area contributed by atoms with Crippen molar-refractivity contribution >= 4 is 28.4 Å². The Morgan fingerprint density at radius 3 is 2.79 bits per heavy atom. The summed E-state index contributed by atoms with van der Waals surface area (Å²) in [6.45, 7) is 0.989. The molecule has 6 nitrogen and oxygen atoms in total. The number of pyridine rings is 1. The summed E-state index contributed by atoms with van der Waals surface area (Å²) in [6, 6.07) is 17.0. The van der Waals surface area contributed by atoms with E-state index in [1.165, 1.54) is 0 Å². The number of hydrogen-bond acceptors (Lipinski definition) is 4. The third-order valence-electron chi connectivity index (χ3n) is 4.40. The molecule has 0 aliphatic rings. The van der Waals surface area contributed by atoms with Crippen LogP contribution in [0, 0.1) is 0 Å². The van der Waals surface area contributed by atoms with Crippen molar-refractivity contribution in [3.05, 3.63) is 83.8 Å². The van der Waals surface area contributed by atoms with Gasteiger partial charge in [-0.2, -0.15) is 5.10 Å². The van der Waals surface area contributed by atoms with Crippen LogP contribution < -0.4 is 10.1 Å². The van der Waals surface area contributed by atoms with E-state index in [9.17, 15) is 4.79 Å². The molecule has 4 rings (SSSR count). The van der Waals surface area contributed by atoms with Crippen molar-refractivity contribution < 1.29 is 9.53 Å². The second kappa shape index (κ2) is 8.75. The molecule has 2 aromatic heterocycles. The van der Waals surface area contributed by atoms with E-state index < -0.39 is 0 Å². The van der Waals surface area contributed by atoms with Gasteiger partial charge in [-0.25, -0.2) is 4.68 Å². The van der Waals surface area contributed by atoms with Gasteiger partial charge >= 0.3 is 0 Å². The molecular weight excluding hydrogens is 388 g/mol. The Hall–Kier alpha value is -3.38. The van der Waals surface area contributed by atoms with Gasteiger partial charge in [-0.1, -0.05) is 29.8 Å². The van der Waals surface area contributed by atoms with Crippen LogP contribution in [0.2, 0.25) is 5.02 Å². The first-order chi connectivity index (χ1) is 14.2. The normalized spacial score (nSPS) is 10.8. The number of benzene rings is 2. The molecule has 0 radical (unpaired) electrons. The third kappa shape index (κ3) is 4.55. The molecule has 0 spiro atoms. The third-order valence-corrected chi connectivity index (χ3v) is 4.65. The van der Waals surface area contributed by atoms with Crippen molar-refractivity contribution in [3.8, 4) is 11.4 Å². The quantitative estimate of drug-likeness (QED) is 0.465. The smallest absolute Gasteiger partial charge is 0.254 e. The van der Waals surface area contributed by atoms with E-state index in [1.807, 2.05) is 42.5 Å². The highest BCUT2D eigenvalue weighted by atomic mass is 35.5. The van der Waals surface area contributed by atoms with Crippen molar-refractivity contribution in [2.75, 3.05) is 13.2 Å². The van der Waals surface area contributed by atoms with Crippen LogP contribution in [0.1, 0.15) is 16.8 Å². The van der Waals surface area contributed by atoms with E-state index in [4.69, 9.17) is 16.3 Å². The fourth-order valence-electron chi connectivity index (χ4n) is 2.93. The van der Waals surface area contributed by atoms with Crippen LogP contribution >= 0.6 is 11.6 Å². The molecule has 2 heterocycles. The lowest BCUT2D eigenvalue weighted by Crippen LogP contribution is -2.25. The molecule has 146 valence electrons. The molecule has 0 unspecified atom stereocenters. The first-order valence-corrected chi connectivity index (χ1v) is 9.64. The van der Waals surface area contributed by atoms with Crippen molar-refractivity contribution in [2.45, 2.75) is 6.42 Å². The van der Waals surface area contributed by atoms with Gasteiger partial charge in [-0.3, -0.25) is 9.78 Å². The van der Waals surface area contributed by atoms with E-state index in [-0.39, 0.29) is 5.91 Å². The number of aromatic nitrogens is 3. The number of halogens is 1. The highest BCUT2D eigenvalue weighted by Gasteiger charge is 2.09. The standard InChI is InChI=1S/C22H19ClN4O2/c23-18-7-9-19(10-8-18)27-15-17(14-26-27)22(28)25-12-3-13-29-20-6-1-4-16-5-2-11-24-21(16)20/h1-2,4-11,14-15H,3,12-13H2,(H,25,28). The summed E-state index contributed by atoms with van der Waals surface area (Å²) in [5, 5.41) is 8.81. The van der Waals surface area contributed by atoms with Crippen LogP contribution in [-0.2, 0) is 0 Å². The summed E-state index contributed by atoms with van der Waals surface area (Å²) in [5.41, 5.74) is 2.18. The summed E-state index contributed by atoms with van der Waals surface area (Å²) in [6.07, 6.45) is 5.67. The van der Waals surface area contributed by atoms with Gasteiger partial charge in [0.2, 0.25) is 0 Å². The van der Waals surface area contributed by atoms with Crippen LogP contribution in [0.15, 0.2) is 73.2 Å². The summed E-state index contributed by atoms with van der Waals surface area (Å²) in [4.78, 5) is 16.7. The van der Waals surface area contributed by atoms with E-state index in [1.54, 1.807) is 35.4 Å². The molecule has 7 heteroatoms. The Morgan fingerprint density at radius 2 is 1.93 bits per heavy atom. The minimum Gasteiger partial charge on any atom is -0.491 e. The van der Waals surface area contributed by atoms with E-state index in [0.717, 1.165) is 22.3 Å². The molecule has 1 amide bonds. The monoisotopic (exact) mass is 406 g/mol. The fraction of sp³-hybridized carbons (Fsp3) is 0.136. The molecular formula is C22H19ClN4O2. The number of fused-ring (bicyclic) bond motifs is 1. The number of nitrogens with zero attached hydrogens (tertiary/aromatic N) is 3. The molecule has 0 saturated carbocycles. The van der Waals surface area contributed by atoms with Crippen LogP contribution in [-0.4, -0.2) is 33.8 Å². The second-order valence-corrected chi connectivity index (χ2v) is 6.88. The number of carbonyl (C=O) groups is 1. The Balaban J connectivity index is 1.27. The van der Waals surface area contributed by atoms with Gasteiger partial charge in [0, 0.05) is 29.3 Å². The van der Waals surface area contributed by atoms with Crippen LogP contribution in [0.4, 0.5) is 0 Å². The van der Waals surface area contributed by atoms with Gasteiger partial charge in [0.15, 0.2) is 0 Å². The fourth-order valence-corrected chi connectivity index (χ4v) is 3.05. The number of ether oxygens (including phenoxy) is 1. The number of amides is 1. The Kier molecular flexibility index (Phi) is 5.72. The average molecular weight is 407 g/mol. The molecule has 0 aliphatic heterocycles. The first kappa shape index (κ1) is 19.0. The van der Waals surface area contributed by atoms with Crippen molar-refractivity contribution in [3.63, 3.8) is 0 Å². The zero-order chi connectivity index (χ0) is 20.1. The summed E-state index contributed by atoms with van der Waals surface area (Å²) in [7, 11) is 0. The average Bonchev–Trinajstić information content (AvgIpc) is 3.24. The second-order valence-electron chi connectivity index (χ2n) is 6.44. The molecule has 0 atom stereocenters. The summed E-state index contributed by atoms with van der Waals surface area (Å²) >= 11 is 5.90. The number of nitrogens with one attached hydrogen (secondary N) is 1. The minimum absolute atomic E-state index is 0.169. The summed E-state index contributed by atoms with van der Waals surface area (Å²) < 4.78 is 7.48. The lowest BCUT2D eigenvalue weighted by molar-refractivity contribution is 0.0951. The molecule has 29 heavy (non-hydrogen) atoms. The van der Waals surface area contributed by atoms with Gasteiger partial charge in [0.25, 0.3) is 5.91 Å². The Bertz CT molecular complexity index is 1120.